The Labute approximate surface area is 128 Å². The van der Waals surface area contributed by atoms with Gasteiger partial charge in [0.25, 0.3) is 0 Å². The summed E-state index contributed by atoms with van der Waals surface area (Å²) >= 11 is 0. The van der Waals surface area contributed by atoms with Crippen LogP contribution in [0.4, 0.5) is 0 Å². The molecule has 1 aliphatic rings. The summed E-state index contributed by atoms with van der Waals surface area (Å²) in [7, 11) is -1.35. The maximum atomic E-state index is 5.34. The Kier molecular flexibility index (Phi) is 7.23. The fourth-order valence-electron chi connectivity index (χ4n) is 3.95. The van der Waals surface area contributed by atoms with E-state index in [-0.39, 0.29) is 0 Å². The lowest BCUT2D eigenvalue weighted by atomic mass is 9.75. The molecule has 0 N–H and O–H groups in total. The standard InChI is InChI=1S/C17H36O2Si/c1-7-8-9-10-11-12-17(6,20-18-19-20)14-16(4,5)13-15(2)3/h15,20H,7-14H2,1-6H3. The molecule has 0 aromatic carbocycles. The minimum absolute atomic E-state index is 0.324. The SMILES string of the molecule is CCCCCCCC(C)(CC(C)(C)CC(C)C)[SiH]1OO1. The van der Waals surface area contributed by atoms with Crippen molar-refractivity contribution in [3.8, 4) is 0 Å². The molecule has 2 nitrogen and oxygen atoms in total. The minimum Gasteiger partial charge on any atom is -0.260 e. The Balaban J connectivity index is 2.45. The van der Waals surface area contributed by atoms with E-state index in [1.54, 1.807) is 0 Å². The van der Waals surface area contributed by atoms with Gasteiger partial charge in [0.1, 0.15) is 0 Å². The van der Waals surface area contributed by atoms with Gasteiger partial charge in [-0.05, 0) is 30.6 Å². The lowest BCUT2D eigenvalue weighted by Gasteiger charge is -2.36. The molecule has 1 heterocycles. The van der Waals surface area contributed by atoms with Crippen molar-refractivity contribution in [3.63, 3.8) is 0 Å². The molecule has 0 bridgehead atoms. The summed E-state index contributed by atoms with van der Waals surface area (Å²) in [5.41, 5.74) is 0.397. The summed E-state index contributed by atoms with van der Waals surface area (Å²) in [5, 5.41) is 0.324. The van der Waals surface area contributed by atoms with Gasteiger partial charge in [-0.1, -0.05) is 73.6 Å². The van der Waals surface area contributed by atoms with Crippen LogP contribution in [0.15, 0.2) is 0 Å². The van der Waals surface area contributed by atoms with Gasteiger partial charge in [-0.15, -0.1) is 0 Å². The third-order valence-corrected chi connectivity index (χ3v) is 6.47. The first kappa shape index (κ1) is 18.2. The second-order valence-electron chi connectivity index (χ2n) is 8.28. The molecule has 0 saturated carbocycles. The predicted molar refractivity (Wildman–Crippen MR) is 88.9 cm³/mol. The first-order valence-corrected chi connectivity index (χ1v) is 10.1. The molecule has 1 unspecified atom stereocenters. The Hall–Kier alpha value is 0.137. The van der Waals surface area contributed by atoms with E-state index in [0.29, 0.717) is 10.5 Å². The van der Waals surface area contributed by atoms with Crippen LogP contribution >= 0.6 is 0 Å². The Morgan fingerprint density at radius 3 is 2.05 bits per heavy atom. The zero-order chi connectivity index (χ0) is 15.2. The zero-order valence-corrected chi connectivity index (χ0v) is 15.8. The largest absolute Gasteiger partial charge is 0.398 e. The molecule has 1 aliphatic heterocycles. The smallest absolute Gasteiger partial charge is 0.260 e. The van der Waals surface area contributed by atoms with Gasteiger partial charge in [0.15, 0.2) is 0 Å². The van der Waals surface area contributed by atoms with Crippen molar-refractivity contribution in [1.29, 1.82) is 0 Å². The third kappa shape index (κ3) is 6.73. The molecule has 1 atom stereocenters. The molecular weight excluding hydrogens is 264 g/mol. The van der Waals surface area contributed by atoms with E-state index in [1.807, 2.05) is 0 Å². The third-order valence-electron chi connectivity index (χ3n) is 4.46. The van der Waals surface area contributed by atoms with Crippen molar-refractivity contribution >= 4 is 9.28 Å². The average Bonchev–Trinajstić information content (AvgIpc) is 3.09. The van der Waals surface area contributed by atoms with Gasteiger partial charge in [-0.25, -0.2) is 0 Å². The van der Waals surface area contributed by atoms with Gasteiger partial charge in [-0.2, -0.15) is 0 Å². The van der Waals surface area contributed by atoms with Gasteiger partial charge in [0, 0.05) is 5.04 Å². The maximum Gasteiger partial charge on any atom is 0.398 e. The molecule has 1 saturated heterocycles. The predicted octanol–water partition coefficient (Wildman–Crippen LogP) is 5.75. The lowest BCUT2D eigenvalue weighted by Crippen LogP contribution is -2.28. The van der Waals surface area contributed by atoms with Crippen LogP contribution in [0.3, 0.4) is 0 Å². The summed E-state index contributed by atoms with van der Waals surface area (Å²) in [4.78, 5) is 0. The van der Waals surface area contributed by atoms with Crippen molar-refractivity contribution in [2.24, 2.45) is 11.3 Å². The van der Waals surface area contributed by atoms with Crippen molar-refractivity contribution < 1.29 is 9.15 Å². The lowest BCUT2D eigenvalue weighted by molar-refractivity contribution is 0.0850. The van der Waals surface area contributed by atoms with Crippen LogP contribution in [-0.4, -0.2) is 9.28 Å². The maximum absolute atomic E-state index is 5.34. The van der Waals surface area contributed by atoms with Crippen molar-refractivity contribution in [3.05, 3.63) is 0 Å². The molecule has 1 rings (SSSR count). The summed E-state index contributed by atoms with van der Waals surface area (Å²) < 4.78 is 10.7. The highest BCUT2D eigenvalue weighted by Gasteiger charge is 2.51. The molecule has 0 aromatic rings. The molecule has 0 aliphatic carbocycles. The first-order chi connectivity index (χ1) is 9.29. The van der Waals surface area contributed by atoms with Gasteiger partial charge >= 0.3 is 9.28 Å². The van der Waals surface area contributed by atoms with E-state index < -0.39 is 9.28 Å². The van der Waals surface area contributed by atoms with Crippen LogP contribution in [-0.2, 0) is 9.15 Å². The average molecular weight is 301 g/mol. The highest BCUT2D eigenvalue weighted by molar-refractivity contribution is 6.53. The topological polar surface area (TPSA) is 25.1 Å². The van der Waals surface area contributed by atoms with Gasteiger partial charge in [0.2, 0.25) is 0 Å². The van der Waals surface area contributed by atoms with E-state index in [9.17, 15) is 0 Å². The van der Waals surface area contributed by atoms with E-state index in [1.165, 1.54) is 51.4 Å². The van der Waals surface area contributed by atoms with Gasteiger partial charge < -0.3 is 0 Å². The molecule has 20 heavy (non-hydrogen) atoms. The number of rotatable bonds is 11. The Bertz CT molecular complexity index is 274. The van der Waals surface area contributed by atoms with Gasteiger partial charge in [0.05, 0.1) is 0 Å². The fourth-order valence-corrected chi connectivity index (χ4v) is 5.80. The monoisotopic (exact) mass is 300 g/mol. The first-order valence-electron chi connectivity index (χ1n) is 8.61. The number of unbranched alkanes of at least 4 members (excludes halogenated alkanes) is 4. The summed E-state index contributed by atoms with van der Waals surface area (Å²) in [6, 6.07) is 0. The molecule has 0 radical (unpaired) electrons. The van der Waals surface area contributed by atoms with E-state index in [2.05, 4.69) is 41.5 Å². The van der Waals surface area contributed by atoms with Crippen LogP contribution < -0.4 is 0 Å². The van der Waals surface area contributed by atoms with E-state index in [4.69, 9.17) is 9.15 Å². The highest BCUT2D eigenvalue weighted by Crippen LogP contribution is 2.51. The number of hydrogen-bond donors (Lipinski definition) is 0. The second kappa shape index (κ2) is 7.95. The van der Waals surface area contributed by atoms with Crippen LogP contribution in [0, 0.1) is 11.3 Å². The fraction of sp³-hybridized carbons (Fsp3) is 1.00. The van der Waals surface area contributed by atoms with E-state index >= 15 is 0 Å². The van der Waals surface area contributed by atoms with Crippen molar-refractivity contribution in [1.82, 2.24) is 0 Å². The minimum atomic E-state index is -1.35. The molecule has 0 aromatic heterocycles. The molecule has 3 heteroatoms. The van der Waals surface area contributed by atoms with Crippen LogP contribution in [0.5, 0.6) is 0 Å². The van der Waals surface area contributed by atoms with Crippen LogP contribution in [0.25, 0.3) is 0 Å². The molecule has 0 amide bonds. The summed E-state index contributed by atoms with van der Waals surface area (Å²) in [6.45, 7) is 14.2. The highest BCUT2D eigenvalue weighted by atomic mass is 28.3. The van der Waals surface area contributed by atoms with E-state index in [0.717, 1.165) is 5.92 Å². The second-order valence-corrected chi connectivity index (χ2v) is 10.7. The zero-order valence-electron chi connectivity index (χ0n) is 14.6. The van der Waals surface area contributed by atoms with Crippen LogP contribution in [0.1, 0.15) is 92.9 Å². The molecule has 0 spiro atoms. The molecule has 120 valence electrons. The Morgan fingerprint density at radius 1 is 0.950 bits per heavy atom. The van der Waals surface area contributed by atoms with Gasteiger partial charge in [-0.3, -0.25) is 9.15 Å². The number of hydrogen-bond acceptors (Lipinski definition) is 2. The van der Waals surface area contributed by atoms with Crippen LogP contribution in [0.2, 0.25) is 5.04 Å². The quantitative estimate of drug-likeness (QED) is 0.210. The van der Waals surface area contributed by atoms with Crippen molar-refractivity contribution in [2.75, 3.05) is 0 Å². The summed E-state index contributed by atoms with van der Waals surface area (Å²) in [6.07, 6.45) is 10.6. The summed E-state index contributed by atoms with van der Waals surface area (Å²) in [5.74, 6) is 0.765. The molecular formula is C17H36O2Si. The normalized spacial score (nSPS) is 19.4. The Morgan fingerprint density at radius 2 is 1.55 bits per heavy atom. The van der Waals surface area contributed by atoms with Crippen molar-refractivity contribution in [2.45, 2.75) is 97.9 Å². The molecule has 1 fully saturated rings.